The van der Waals surface area contributed by atoms with Crippen LogP contribution >= 0.6 is 0 Å². The molecule has 1 aromatic carbocycles. The molecule has 2 atom stereocenters. The number of nitro benzene ring substituents is 1. The van der Waals surface area contributed by atoms with Gasteiger partial charge < -0.3 is 5.32 Å². The van der Waals surface area contributed by atoms with Crippen LogP contribution in [0.5, 0.6) is 0 Å². The predicted molar refractivity (Wildman–Crippen MR) is 76.7 cm³/mol. The van der Waals surface area contributed by atoms with Crippen LogP contribution in [0.2, 0.25) is 0 Å². The molecule has 20 heavy (non-hydrogen) atoms. The molecule has 1 fully saturated rings. The average Bonchev–Trinajstić information content (AvgIpc) is 2.41. The zero-order valence-electron chi connectivity index (χ0n) is 11.9. The normalized spacial score (nSPS) is 22.3. The lowest BCUT2D eigenvalue weighted by molar-refractivity contribution is -0.385. The largest absolute Gasteiger partial charge is 0.349 e. The number of carbonyl (C=O) groups excluding carboxylic acids is 1. The highest BCUT2D eigenvalue weighted by atomic mass is 16.6. The molecule has 1 aromatic rings. The quantitative estimate of drug-likeness (QED) is 0.680. The number of amides is 1. The minimum absolute atomic E-state index is 0.00524. The third-order valence-electron chi connectivity index (χ3n) is 4.10. The molecule has 1 aliphatic rings. The highest BCUT2D eigenvalue weighted by Crippen LogP contribution is 2.24. The maximum atomic E-state index is 12.2. The van der Waals surface area contributed by atoms with Crippen LogP contribution in [-0.4, -0.2) is 16.9 Å². The Kier molecular flexibility index (Phi) is 4.37. The van der Waals surface area contributed by atoms with Gasteiger partial charge in [0.1, 0.15) is 0 Å². The molecular weight excluding hydrogens is 256 g/mol. The minimum atomic E-state index is -0.449. The number of hydrogen-bond acceptors (Lipinski definition) is 3. The number of aryl methyl sites for hydroxylation is 1. The Labute approximate surface area is 118 Å². The van der Waals surface area contributed by atoms with Gasteiger partial charge in [-0.2, -0.15) is 0 Å². The molecule has 1 amide bonds. The Balaban J connectivity index is 2.13. The second-order valence-corrected chi connectivity index (χ2v) is 5.60. The van der Waals surface area contributed by atoms with E-state index in [9.17, 15) is 14.9 Å². The number of carbonyl (C=O) groups is 1. The molecule has 0 aliphatic heterocycles. The summed E-state index contributed by atoms with van der Waals surface area (Å²) >= 11 is 0. The molecule has 0 radical (unpaired) electrons. The summed E-state index contributed by atoms with van der Waals surface area (Å²) in [4.78, 5) is 22.7. The van der Waals surface area contributed by atoms with Gasteiger partial charge in [-0.05, 0) is 31.7 Å². The van der Waals surface area contributed by atoms with E-state index >= 15 is 0 Å². The molecule has 1 saturated carbocycles. The highest BCUT2D eigenvalue weighted by molar-refractivity contribution is 5.95. The average molecular weight is 276 g/mol. The Morgan fingerprint density at radius 2 is 2.05 bits per heavy atom. The van der Waals surface area contributed by atoms with Crippen LogP contribution in [0.15, 0.2) is 18.2 Å². The van der Waals surface area contributed by atoms with Crippen LogP contribution in [0.4, 0.5) is 5.69 Å². The lowest BCUT2D eigenvalue weighted by atomic mass is 9.86. The van der Waals surface area contributed by atoms with Crippen LogP contribution in [0.1, 0.15) is 48.5 Å². The van der Waals surface area contributed by atoms with Crippen LogP contribution < -0.4 is 5.32 Å². The Morgan fingerprint density at radius 3 is 2.70 bits per heavy atom. The van der Waals surface area contributed by atoms with E-state index in [1.807, 2.05) is 0 Å². The van der Waals surface area contributed by atoms with Crippen molar-refractivity contribution >= 4 is 11.6 Å². The number of nitrogens with one attached hydrogen (secondary N) is 1. The summed E-state index contributed by atoms with van der Waals surface area (Å²) in [5.41, 5.74) is 0.923. The fraction of sp³-hybridized carbons (Fsp3) is 0.533. The highest BCUT2D eigenvalue weighted by Gasteiger charge is 2.24. The minimum Gasteiger partial charge on any atom is -0.349 e. The maximum Gasteiger partial charge on any atom is 0.273 e. The number of benzene rings is 1. The van der Waals surface area contributed by atoms with Crippen molar-refractivity contribution in [2.45, 2.75) is 45.6 Å². The molecule has 0 unspecified atom stereocenters. The Morgan fingerprint density at radius 1 is 1.35 bits per heavy atom. The predicted octanol–water partition coefficient (Wildman–Crippen LogP) is 3.21. The van der Waals surface area contributed by atoms with Crippen molar-refractivity contribution in [2.75, 3.05) is 0 Å². The van der Waals surface area contributed by atoms with Crippen LogP contribution in [0.3, 0.4) is 0 Å². The van der Waals surface area contributed by atoms with Gasteiger partial charge in [0, 0.05) is 23.2 Å². The fourth-order valence-corrected chi connectivity index (χ4v) is 2.73. The van der Waals surface area contributed by atoms with Crippen molar-refractivity contribution < 1.29 is 9.72 Å². The van der Waals surface area contributed by atoms with Crippen molar-refractivity contribution in [1.29, 1.82) is 0 Å². The molecule has 0 heterocycles. The third kappa shape index (κ3) is 3.15. The van der Waals surface area contributed by atoms with Crippen molar-refractivity contribution in [3.05, 3.63) is 39.4 Å². The summed E-state index contributed by atoms with van der Waals surface area (Å²) in [5, 5.41) is 13.9. The van der Waals surface area contributed by atoms with Gasteiger partial charge in [0.05, 0.1) is 4.92 Å². The van der Waals surface area contributed by atoms with Crippen LogP contribution in [0.25, 0.3) is 0 Å². The summed E-state index contributed by atoms with van der Waals surface area (Å²) in [5.74, 6) is 0.250. The smallest absolute Gasteiger partial charge is 0.273 e. The van der Waals surface area contributed by atoms with Crippen molar-refractivity contribution in [2.24, 2.45) is 5.92 Å². The van der Waals surface area contributed by atoms with E-state index < -0.39 is 4.92 Å². The van der Waals surface area contributed by atoms with E-state index in [4.69, 9.17) is 0 Å². The topological polar surface area (TPSA) is 72.2 Å². The maximum absolute atomic E-state index is 12.2. The van der Waals surface area contributed by atoms with Crippen molar-refractivity contribution in [3.8, 4) is 0 Å². The molecule has 0 aromatic heterocycles. The van der Waals surface area contributed by atoms with Crippen LogP contribution in [0, 0.1) is 23.0 Å². The zero-order valence-corrected chi connectivity index (χ0v) is 11.9. The van der Waals surface area contributed by atoms with Crippen molar-refractivity contribution in [3.63, 3.8) is 0 Å². The van der Waals surface area contributed by atoms with E-state index in [0.717, 1.165) is 19.3 Å². The Hall–Kier alpha value is -1.91. The first-order valence-corrected chi connectivity index (χ1v) is 7.05. The second kappa shape index (κ2) is 6.03. The van der Waals surface area contributed by atoms with Gasteiger partial charge in [0.25, 0.3) is 11.6 Å². The standard InChI is InChI=1S/C15H20N2O3/c1-10-5-3-4-6-13(10)16-15(18)12-8-7-11(2)14(9-12)17(19)20/h7-10,13H,3-6H2,1-2H3,(H,16,18)/t10-,13+/m0/s1. The van der Waals surface area contributed by atoms with Crippen LogP contribution in [-0.2, 0) is 0 Å². The van der Waals surface area contributed by atoms with Gasteiger partial charge in [0.15, 0.2) is 0 Å². The van der Waals surface area contributed by atoms with E-state index in [2.05, 4.69) is 12.2 Å². The van der Waals surface area contributed by atoms with Gasteiger partial charge in [-0.3, -0.25) is 14.9 Å². The molecular formula is C15H20N2O3. The third-order valence-corrected chi connectivity index (χ3v) is 4.10. The van der Waals surface area contributed by atoms with Gasteiger partial charge >= 0.3 is 0 Å². The monoisotopic (exact) mass is 276 g/mol. The van der Waals surface area contributed by atoms with Gasteiger partial charge in [-0.15, -0.1) is 0 Å². The number of nitrogens with zero attached hydrogens (tertiary/aromatic N) is 1. The molecule has 0 bridgehead atoms. The second-order valence-electron chi connectivity index (χ2n) is 5.60. The summed E-state index contributed by atoms with van der Waals surface area (Å²) in [7, 11) is 0. The SMILES string of the molecule is Cc1ccc(C(=O)N[C@@H]2CCCC[C@@H]2C)cc1[N+](=O)[O-]. The summed E-state index contributed by atoms with van der Waals surface area (Å²) in [6.07, 6.45) is 4.45. The van der Waals surface area contributed by atoms with E-state index in [1.54, 1.807) is 19.1 Å². The van der Waals surface area contributed by atoms with E-state index in [-0.39, 0.29) is 17.6 Å². The molecule has 5 heteroatoms. The van der Waals surface area contributed by atoms with Gasteiger partial charge in [-0.25, -0.2) is 0 Å². The lowest BCUT2D eigenvalue weighted by Crippen LogP contribution is -2.41. The first kappa shape index (κ1) is 14.5. The Bertz CT molecular complexity index is 528. The van der Waals surface area contributed by atoms with Gasteiger partial charge in [0.2, 0.25) is 0 Å². The number of nitro groups is 1. The molecule has 2 rings (SSSR count). The first-order valence-electron chi connectivity index (χ1n) is 7.05. The molecule has 1 aliphatic carbocycles. The summed E-state index contributed by atoms with van der Waals surface area (Å²) in [6, 6.07) is 4.80. The van der Waals surface area contributed by atoms with E-state index in [0.29, 0.717) is 17.0 Å². The van der Waals surface area contributed by atoms with E-state index in [1.165, 1.54) is 12.5 Å². The molecule has 0 spiro atoms. The molecule has 1 N–H and O–H groups in total. The number of rotatable bonds is 3. The zero-order chi connectivity index (χ0) is 14.7. The summed E-state index contributed by atoms with van der Waals surface area (Å²) < 4.78 is 0. The fourth-order valence-electron chi connectivity index (χ4n) is 2.73. The number of hydrogen-bond donors (Lipinski definition) is 1. The first-order chi connectivity index (χ1) is 9.49. The lowest BCUT2D eigenvalue weighted by Gasteiger charge is -2.29. The van der Waals surface area contributed by atoms with Gasteiger partial charge in [-0.1, -0.05) is 25.8 Å². The van der Waals surface area contributed by atoms with Crippen molar-refractivity contribution in [1.82, 2.24) is 5.32 Å². The summed E-state index contributed by atoms with van der Waals surface area (Å²) in [6.45, 7) is 3.81. The molecule has 0 saturated heterocycles. The molecule has 108 valence electrons. The molecule has 5 nitrogen and oxygen atoms in total.